The number of rotatable bonds is 5. The van der Waals surface area contributed by atoms with Crippen LogP contribution in [0.4, 0.5) is 0 Å². The zero-order valence-electron chi connectivity index (χ0n) is 12.5. The number of hydrogen-bond donors (Lipinski definition) is 1. The standard InChI is InChI=1S/C18H25NS/c1-2-19-14-18(10-6-3-7-11-18)12-15-13-20-17-9-5-4-8-16(15)17/h4-5,8-9,13,19H,2-3,6-7,10-12,14H2,1H3. The molecule has 0 bridgehead atoms. The van der Waals surface area contributed by atoms with Gasteiger partial charge in [0.25, 0.3) is 0 Å². The van der Waals surface area contributed by atoms with Crippen LogP contribution in [0.3, 0.4) is 0 Å². The molecule has 0 aliphatic heterocycles. The summed E-state index contributed by atoms with van der Waals surface area (Å²) < 4.78 is 1.44. The van der Waals surface area contributed by atoms with Crippen molar-refractivity contribution >= 4 is 21.4 Å². The van der Waals surface area contributed by atoms with Crippen LogP contribution in [0, 0.1) is 5.41 Å². The van der Waals surface area contributed by atoms with Crippen LogP contribution >= 0.6 is 11.3 Å². The Morgan fingerprint density at radius 2 is 1.95 bits per heavy atom. The van der Waals surface area contributed by atoms with Crippen molar-refractivity contribution in [3.05, 3.63) is 35.2 Å². The topological polar surface area (TPSA) is 12.0 Å². The third-order valence-corrected chi connectivity index (χ3v) is 5.80. The van der Waals surface area contributed by atoms with E-state index in [1.165, 1.54) is 55.2 Å². The molecule has 1 aliphatic carbocycles. The van der Waals surface area contributed by atoms with Gasteiger partial charge in [0.1, 0.15) is 0 Å². The Bertz CT molecular complexity index is 551. The van der Waals surface area contributed by atoms with Crippen LogP contribution in [0.15, 0.2) is 29.6 Å². The number of hydrogen-bond acceptors (Lipinski definition) is 2. The third-order valence-electron chi connectivity index (χ3n) is 4.79. The maximum absolute atomic E-state index is 3.62. The summed E-state index contributed by atoms with van der Waals surface area (Å²) in [4.78, 5) is 0. The molecule has 1 fully saturated rings. The average Bonchev–Trinajstić information content (AvgIpc) is 2.89. The molecule has 2 heteroatoms. The molecule has 3 rings (SSSR count). The van der Waals surface area contributed by atoms with Crippen LogP contribution in [-0.4, -0.2) is 13.1 Å². The Kier molecular flexibility index (Phi) is 4.42. The van der Waals surface area contributed by atoms with Crippen LogP contribution in [0.1, 0.15) is 44.6 Å². The Balaban J connectivity index is 1.85. The molecule has 2 aromatic rings. The van der Waals surface area contributed by atoms with E-state index in [-0.39, 0.29) is 0 Å². The number of benzene rings is 1. The van der Waals surface area contributed by atoms with Crippen LogP contribution in [-0.2, 0) is 6.42 Å². The van der Waals surface area contributed by atoms with Gasteiger partial charge in [-0.25, -0.2) is 0 Å². The molecule has 1 aromatic carbocycles. The van der Waals surface area contributed by atoms with Crippen molar-refractivity contribution in [1.82, 2.24) is 5.32 Å². The molecule has 0 radical (unpaired) electrons. The van der Waals surface area contributed by atoms with Crippen molar-refractivity contribution in [2.75, 3.05) is 13.1 Å². The van der Waals surface area contributed by atoms with E-state index in [4.69, 9.17) is 0 Å². The lowest BCUT2D eigenvalue weighted by Gasteiger charge is -2.37. The van der Waals surface area contributed by atoms with Gasteiger partial charge >= 0.3 is 0 Å². The fraction of sp³-hybridized carbons (Fsp3) is 0.556. The van der Waals surface area contributed by atoms with Crippen LogP contribution in [0.5, 0.6) is 0 Å². The van der Waals surface area contributed by atoms with E-state index in [2.05, 4.69) is 41.9 Å². The number of fused-ring (bicyclic) bond motifs is 1. The molecule has 0 spiro atoms. The summed E-state index contributed by atoms with van der Waals surface area (Å²) in [5.74, 6) is 0. The first-order valence-electron chi connectivity index (χ1n) is 7.99. The number of nitrogens with one attached hydrogen (secondary N) is 1. The highest BCUT2D eigenvalue weighted by Crippen LogP contribution is 2.41. The van der Waals surface area contributed by atoms with Crippen molar-refractivity contribution in [2.24, 2.45) is 5.41 Å². The first kappa shape index (κ1) is 14.1. The van der Waals surface area contributed by atoms with Crippen molar-refractivity contribution in [1.29, 1.82) is 0 Å². The molecule has 0 amide bonds. The monoisotopic (exact) mass is 287 g/mol. The Morgan fingerprint density at radius 1 is 1.15 bits per heavy atom. The maximum atomic E-state index is 3.62. The van der Waals surface area contributed by atoms with E-state index in [1.54, 1.807) is 5.56 Å². The van der Waals surface area contributed by atoms with Gasteiger partial charge in [-0.3, -0.25) is 0 Å². The van der Waals surface area contributed by atoms with Gasteiger partial charge in [-0.15, -0.1) is 11.3 Å². The van der Waals surface area contributed by atoms with Crippen LogP contribution in [0.2, 0.25) is 0 Å². The average molecular weight is 287 g/mol. The summed E-state index contributed by atoms with van der Waals surface area (Å²) >= 11 is 1.90. The van der Waals surface area contributed by atoms with Gasteiger partial charge in [-0.2, -0.15) is 0 Å². The summed E-state index contributed by atoms with van der Waals surface area (Å²) in [6.07, 6.45) is 8.29. The predicted molar refractivity (Wildman–Crippen MR) is 89.6 cm³/mol. The highest BCUT2D eigenvalue weighted by molar-refractivity contribution is 7.17. The molecule has 1 N–H and O–H groups in total. The molecular formula is C18H25NS. The number of thiophene rings is 1. The molecule has 1 saturated carbocycles. The lowest BCUT2D eigenvalue weighted by atomic mass is 9.70. The van der Waals surface area contributed by atoms with Crippen LogP contribution in [0.25, 0.3) is 10.1 Å². The Hall–Kier alpha value is -0.860. The largest absolute Gasteiger partial charge is 0.316 e. The molecular weight excluding hydrogens is 262 g/mol. The molecule has 0 unspecified atom stereocenters. The van der Waals surface area contributed by atoms with Gasteiger partial charge in [0.15, 0.2) is 0 Å². The molecule has 0 atom stereocenters. The smallest absolute Gasteiger partial charge is 0.0345 e. The minimum Gasteiger partial charge on any atom is -0.316 e. The van der Waals surface area contributed by atoms with Crippen molar-refractivity contribution < 1.29 is 0 Å². The normalized spacial score (nSPS) is 18.4. The van der Waals surface area contributed by atoms with Gasteiger partial charge in [0.2, 0.25) is 0 Å². The van der Waals surface area contributed by atoms with E-state index in [9.17, 15) is 0 Å². The zero-order valence-corrected chi connectivity index (χ0v) is 13.3. The lowest BCUT2D eigenvalue weighted by molar-refractivity contribution is 0.182. The van der Waals surface area contributed by atoms with Gasteiger partial charge < -0.3 is 5.32 Å². The Labute approximate surface area is 126 Å². The van der Waals surface area contributed by atoms with Crippen molar-refractivity contribution in [2.45, 2.75) is 45.4 Å². The second kappa shape index (κ2) is 6.28. The summed E-state index contributed by atoms with van der Waals surface area (Å²) in [7, 11) is 0. The molecule has 108 valence electrons. The van der Waals surface area contributed by atoms with E-state index in [1.807, 2.05) is 11.3 Å². The minimum atomic E-state index is 0.498. The quantitative estimate of drug-likeness (QED) is 0.815. The van der Waals surface area contributed by atoms with E-state index in [0.717, 1.165) is 6.54 Å². The summed E-state index contributed by atoms with van der Waals surface area (Å²) in [6, 6.07) is 8.88. The molecule has 20 heavy (non-hydrogen) atoms. The highest BCUT2D eigenvalue weighted by atomic mass is 32.1. The maximum Gasteiger partial charge on any atom is 0.0345 e. The highest BCUT2D eigenvalue weighted by Gasteiger charge is 2.32. The zero-order chi connectivity index (χ0) is 13.8. The third kappa shape index (κ3) is 2.91. The summed E-state index contributed by atoms with van der Waals surface area (Å²) in [5, 5.41) is 7.50. The molecule has 0 saturated heterocycles. The van der Waals surface area contributed by atoms with E-state index < -0.39 is 0 Å². The lowest BCUT2D eigenvalue weighted by Crippen LogP contribution is -2.37. The second-order valence-electron chi connectivity index (χ2n) is 6.27. The molecule has 1 aliphatic rings. The fourth-order valence-electron chi connectivity index (χ4n) is 3.68. The predicted octanol–water partition coefficient (Wildman–Crippen LogP) is 5.00. The van der Waals surface area contributed by atoms with Gasteiger partial charge in [-0.1, -0.05) is 44.4 Å². The van der Waals surface area contributed by atoms with Gasteiger partial charge in [0, 0.05) is 11.2 Å². The van der Waals surface area contributed by atoms with E-state index >= 15 is 0 Å². The van der Waals surface area contributed by atoms with Crippen molar-refractivity contribution in [3.8, 4) is 0 Å². The first-order valence-corrected chi connectivity index (χ1v) is 8.87. The minimum absolute atomic E-state index is 0.498. The van der Waals surface area contributed by atoms with Gasteiger partial charge in [-0.05, 0) is 53.6 Å². The van der Waals surface area contributed by atoms with E-state index in [0.29, 0.717) is 5.41 Å². The fourth-order valence-corrected chi connectivity index (χ4v) is 4.64. The van der Waals surface area contributed by atoms with Crippen LogP contribution < -0.4 is 5.32 Å². The van der Waals surface area contributed by atoms with Gasteiger partial charge in [0.05, 0.1) is 0 Å². The molecule has 1 aromatic heterocycles. The first-order chi connectivity index (χ1) is 9.83. The SMILES string of the molecule is CCNCC1(Cc2csc3ccccc23)CCCCC1. The Morgan fingerprint density at radius 3 is 2.75 bits per heavy atom. The summed E-state index contributed by atoms with van der Waals surface area (Å²) in [5.41, 5.74) is 2.07. The second-order valence-corrected chi connectivity index (χ2v) is 7.19. The molecule has 1 nitrogen and oxygen atoms in total. The van der Waals surface area contributed by atoms with Crippen molar-refractivity contribution in [3.63, 3.8) is 0 Å². The summed E-state index contributed by atoms with van der Waals surface area (Å²) in [6.45, 7) is 4.50. The molecule has 1 heterocycles.